The van der Waals surface area contributed by atoms with Crippen LogP contribution in [-0.4, -0.2) is 29.4 Å². The number of amides is 1. The minimum atomic E-state index is -0.687. The second-order valence-corrected chi connectivity index (χ2v) is 10.3. The fourth-order valence-corrected chi connectivity index (χ4v) is 6.31. The third-order valence-corrected chi connectivity index (χ3v) is 8.54. The van der Waals surface area contributed by atoms with Gasteiger partial charge in [0.15, 0.2) is 0 Å². The van der Waals surface area contributed by atoms with E-state index in [2.05, 4.69) is 30.0 Å². The van der Waals surface area contributed by atoms with Gasteiger partial charge in [-0.25, -0.2) is 10.0 Å². The van der Waals surface area contributed by atoms with E-state index >= 15 is 0 Å². The SMILES string of the molecule is CCCSNC(=O)c1cccc(S2(C)CCCCC2)c1. The fraction of sp³-hybridized carbons (Fsp3) is 0.562. The standard InChI is InChI=1S/C16H25NOS2/c1-3-10-19-17-16(18)14-8-7-9-15(13-14)20(2)11-5-4-6-12-20/h7-9,13H,3-6,10-12H2,1-2H3,(H,17,18). The number of rotatable bonds is 5. The van der Waals surface area contributed by atoms with Gasteiger partial charge >= 0.3 is 0 Å². The molecule has 0 unspecified atom stereocenters. The van der Waals surface area contributed by atoms with E-state index in [9.17, 15) is 4.79 Å². The van der Waals surface area contributed by atoms with Crippen molar-refractivity contribution >= 4 is 27.9 Å². The topological polar surface area (TPSA) is 29.1 Å². The Bertz CT molecular complexity index is 456. The lowest BCUT2D eigenvalue weighted by molar-refractivity contribution is 0.0984. The van der Waals surface area contributed by atoms with Gasteiger partial charge in [0, 0.05) is 11.3 Å². The summed E-state index contributed by atoms with van der Waals surface area (Å²) in [6, 6.07) is 8.32. The van der Waals surface area contributed by atoms with Crippen LogP contribution in [0.3, 0.4) is 0 Å². The third-order valence-electron chi connectivity index (χ3n) is 3.83. The molecule has 112 valence electrons. The lowest BCUT2D eigenvalue weighted by Crippen LogP contribution is -2.18. The predicted molar refractivity (Wildman–Crippen MR) is 92.0 cm³/mol. The van der Waals surface area contributed by atoms with Crippen molar-refractivity contribution in [3.8, 4) is 0 Å². The highest BCUT2D eigenvalue weighted by Crippen LogP contribution is 2.56. The molecule has 0 aromatic heterocycles. The molecule has 0 aliphatic carbocycles. The third kappa shape index (κ3) is 3.95. The highest BCUT2D eigenvalue weighted by molar-refractivity contribution is 8.33. The molecule has 1 aliphatic rings. The summed E-state index contributed by atoms with van der Waals surface area (Å²) in [5.41, 5.74) is 0.811. The van der Waals surface area contributed by atoms with Crippen molar-refractivity contribution in [1.82, 2.24) is 4.72 Å². The molecule has 1 saturated heterocycles. The van der Waals surface area contributed by atoms with Gasteiger partial charge in [-0.05, 0) is 54.1 Å². The van der Waals surface area contributed by atoms with Crippen LogP contribution in [0.25, 0.3) is 0 Å². The lowest BCUT2D eigenvalue weighted by atomic mass is 10.2. The molecule has 1 aliphatic heterocycles. The number of nitrogens with one attached hydrogen (secondary N) is 1. The Labute approximate surface area is 128 Å². The summed E-state index contributed by atoms with van der Waals surface area (Å²) < 4.78 is 2.93. The Morgan fingerprint density at radius 1 is 1.30 bits per heavy atom. The van der Waals surface area contributed by atoms with Crippen LogP contribution < -0.4 is 4.72 Å². The molecule has 2 nitrogen and oxygen atoms in total. The van der Waals surface area contributed by atoms with Gasteiger partial charge in [-0.2, -0.15) is 0 Å². The first kappa shape index (κ1) is 15.8. The number of hydrogen-bond donors (Lipinski definition) is 1. The number of benzene rings is 1. The van der Waals surface area contributed by atoms with Gasteiger partial charge in [0.1, 0.15) is 0 Å². The van der Waals surface area contributed by atoms with Crippen molar-refractivity contribution in [3.05, 3.63) is 29.8 Å². The summed E-state index contributed by atoms with van der Waals surface area (Å²) in [7, 11) is -0.687. The average molecular weight is 312 g/mol. The largest absolute Gasteiger partial charge is 0.296 e. The van der Waals surface area contributed by atoms with Gasteiger partial charge in [0.2, 0.25) is 0 Å². The van der Waals surface area contributed by atoms with Crippen molar-refractivity contribution in [2.75, 3.05) is 23.5 Å². The molecule has 1 heterocycles. The molecule has 0 radical (unpaired) electrons. The van der Waals surface area contributed by atoms with Gasteiger partial charge in [-0.1, -0.05) is 37.4 Å². The van der Waals surface area contributed by atoms with E-state index in [1.54, 1.807) is 0 Å². The van der Waals surface area contributed by atoms with Crippen molar-refractivity contribution in [2.24, 2.45) is 0 Å². The van der Waals surface area contributed by atoms with Crippen LogP contribution in [0.5, 0.6) is 0 Å². The molecule has 0 saturated carbocycles. The Kier molecular flexibility index (Phi) is 5.85. The monoisotopic (exact) mass is 311 g/mol. The van der Waals surface area contributed by atoms with Crippen LogP contribution >= 0.6 is 22.0 Å². The maximum atomic E-state index is 12.1. The summed E-state index contributed by atoms with van der Waals surface area (Å²) in [6.45, 7) is 2.12. The van der Waals surface area contributed by atoms with E-state index in [1.165, 1.54) is 47.6 Å². The molecule has 4 heteroatoms. The maximum Gasteiger partial charge on any atom is 0.261 e. The fourth-order valence-electron chi connectivity index (χ4n) is 2.58. The van der Waals surface area contributed by atoms with E-state index in [1.807, 2.05) is 12.1 Å². The van der Waals surface area contributed by atoms with Gasteiger partial charge in [-0.15, -0.1) is 0 Å². The van der Waals surface area contributed by atoms with Crippen LogP contribution in [0.1, 0.15) is 43.0 Å². The summed E-state index contributed by atoms with van der Waals surface area (Å²) in [6.07, 6.45) is 7.56. The molecule has 0 spiro atoms. The maximum absolute atomic E-state index is 12.1. The van der Waals surface area contributed by atoms with Crippen molar-refractivity contribution in [2.45, 2.75) is 37.5 Å². The second-order valence-electron chi connectivity index (χ2n) is 5.55. The first-order valence-electron chi connectivity index (χ1n) is 7.42. The average Bonchev–Trinajstić information content (AvgIpc) is 2.48. The molecule has 1 fully saturated rings. The van der Waals surface area contributed by atoms with Crippen LogP contribution in [-0.2, 0) is 0 Å². The van der Waals surface area contributed by atoms with E-state index in [-0.39, 0.29) is 5.91 Å². The molecule has 0 bridgehead atoms. The molecule has 1 aromatic rings. The first-order valence-corrected chi connectivity index (χ1v) is 10.8. The minimum Gasteiger partial charge on any atom is -0.296 e. The Morgan fingerprint density at radius 3 is 2.75 bits per heavy atom. The molecular weight excluding hydrogens is 286 g/mol. The summed E-state index contributed by atoms with van der Waals surface area (Å²) in [5.74, 6) is 3.66. The molecule has 1 aromatic carbocycles. The van der Waals surface area contributed by atoms with Crippen LogP contribution in [0.2, 0.25) is 0 Å². The molecule has 1 N–H and O–H groups in total. The summed E-state index contributed by atoms with van der Waals surface area (Å²) in [4.78, 5) is 13.5. The van der Waals surface area contributed by atoms with Gasteiger partial charge in [0.25, 0.3) is 5.91 Å². The number of hydrogen-bond acceptors (Lipinski definition) is 2. The summed E-state index contributed by atoms with van der Waals surface area (Å²) in [5, 5.41) is 0. The van der Waals surface area contributed by atoms with Gasteiger partial charge < -0.3 is 0 Å². The Hall–Kier alpha value is -0.610. The van der Waals surface area contributed by atoms with Gasteiger partial charge in [-0.3, -0.25) is 9.52 Å². The number of carbonyl (C=O) groups is 1. The van der Waals surface area contributed by atoms with E-state index < -0.39 is 10.0 Å². The van der Waals surface area contributed by atoms with Crippen molar-refractivity contribution < 1.29 is 4.79 Å². The molecule has 2 rings (SSSR count). The Balaban J connectivity index is 2.09. The zero-order valence-electron chi connectivity index (χ0n) is 12.5. The normalized spacial score (nSPS) is 19.3. The van der Waals surface area contributed by atoms with Crippen LogP contribution in [0.15, 0.2) is 29.2 Å². The zero-order valence-corrected chi connectivity index (χ0v) is 14.1. The highest BCUT2D eigenvalue weighted by Gasteiger charge is 2.24. The predicted octanol–water partition coefficient (Wildman–Crippen LogP) is 4.45. The van der Waals surface area contributed by atoms with Gasteiger partial charge in [0.05, 0.1) is 0 Å². The minimum absolute atomic E-state index is 0.0455. The highest BCUT2D eigenvalue weighted by atomic mass is 32.3. The van der Waals surface area contributed by atoms with Crippen molar-refractivity contribution in [3.63, 3.8) is 0 Å². The van der Waals surface area contributed by atoms with E-state index in [0.29, 0.717) is 0 Å². The smallest absolute Gasteiger partial charge is 0.261 e. The molecule has 0 atom stereocenters. The van der Waals surface area contributed by atoms with Crippen LogP contribution in [0.4, 0.5) is 0 Å². The quantitative estimate of drug-likeness (QED) is 0.643. The van der Waals surface area contributed by atoms with Crippen LogP contribution in [0, 0.1) is 0 Å². The van der Waals surface area contributed by atoms with Crippen molar-refractivity contribution in [1.29, 1.82) is 0 Å². The number of carbonyl (C=O) groups excluding carboxylic acids is 1. The Morgan fingerprint density at radius 2 is 2.05 bits per heavy atom. The molecular formula is C16H25NOS2. The first-order chi connectivity index (χ1) is 9.65. The van der Waals surface area contributed by atoms with E-state index in [0.717, 1.165) is 17.7 Å². The lowest BCUT2D eigenvalue weighted by Gasteiger charge is -2.40. The molecule has 20 heavy (non-hydrogen) atoms. The van der Waals surface area contributed by atoms with E-state index in [4.69, 9.17) is 0 Å². The summed E-state index contributed by atoms with van der Waals surface area (Å²) >= 11 is 1.50. The second kappa shape index (κ2) is 7.41. The molecule has 1 amide bonds. The zero-order chi connectivity index (χ0) is 14.4.